The number of nitrogens with zero attached hydrogens (tertiary/aromatic N) is 3. The lowest BCUT2D eigenvalue weighted by atomic mass is 10.4. The van der Waals surface area contributed by atoms with E-state index >= 15 is 0 Å². The first-order chi connectivity index (χ1) is 7.67. The van der Waals surface area contributed by atoms with E-state index in [1.54, 1.807) is 7.11 Å². The standard InChI is InChI=1S/C11H20N4O/c1-5-6-12-9-7-11(15(2)3)14-10(13-9)8-16-4/h7H,5-6,8H2,1-4H3,(H,12,13,14). The summed E-state index contributed by atoms with van der Waals surface area (Å²) < 4.78 is 5.05. The molecule has 0 bridgehead atoms. The Bertz CT molecular complexity index is 328. The van der Waals surface area contributed by atoms with E-state index in [1.807, 2.05) is 25.1 Å². The Kier molecular flexibility index (Phi) is 4.98. The molecule has 90 valence electrons. The van der Waals surface area contributed by atoms with Crippen molar-refractivity contribution in [2.75, 3.05) is 38.0 Å². The molecule has 0 aromatic carbocycles. The first kappa shape index (κ1) is 12.7. The van der Waals surface area contributed by atoms with Gasteiger partial charge in [0.15, 0.2) is 5.82 Å². The molecule has 0 atom stereocenters. The molecule has 0 amide bonds. The van der Waals surface area contributed by atoms with E-state index in [2.05, 4.69) is 22.2 Å². The second kappa shape index (κ2) is 6.27. The number of rotatable bonds is 6. The molecule has 0 aliphatic rings. The predicted molar refractivity (Wildman–Crippen MR) is 65.9 cm³/mol. The zero-order valence-electron chi connectivity index (χ0n) is 10.4. The molecular formula is C11H20N4O. The highest BCUT2D eigenvalue weighted by atomic mass is 16.5. The topological polar surface area (TPSA) is 50.3 Å². The van der Waals surface area contributed by atoms with Crippen molar-refractivity contribution in [3.8, 4) is 0 Å². The number of hydrogen-bond acceptors (Lipinski definition) is 5. The number of nitrogens with one attached hydrogen (secondary N) is 1. The summed E-state index contributed by atoms with van der Waals surface area (Å²) >= 11 is 0. The summed E-state index contributed by atoms with van der Waals surface area (Å²) in [5, 5.41) is 3.26. The molecule has 0 radical (unpaired) electrons. The van der Waals surface area contributed by atoms with E-state index in [-0.39, 0.29) is 0 Å². The van der Waals surface area contributed by atoms with E-state index in [0.29, 0.717) is 12.4 Å². The largest absolute Gasteiger partial charge is 0.377 e. The highest BCUT2D eigenvalue weighted by Crippen LogP contribution is 2.14. The summed E-state index contributed by atoms with van der Waals surface area (Å²) in [4.78, 5) is 10.7. The molecular weight excluding hydrogens is 204 g/mol. The lowest BCUT2D eigenvalue weighted by Gasteiger charge is -2.14. The third-order valence-corrected chi connectivity index (χ3v) is 2.05. The van der Waals surface area contributed by atoms with Crippen molar-refractivity contribution >= 4 is 11.6 Å². The van der Waals surface area contributed by atoms with E-state index in [1.165, 1.54) is 0 Å². The summed E-state index contributed by atoms with van der Waals surface area (Å²) in [5.41, 5.74) is 0. The number of anilines is 2. The number of methoxy groups -OCH3 is 1. The molecule has 1 rings (SSSR count). The maximum Gasteiger partial charge on any atom is 0.158 e. The zero-order valence-corrected chi connectivity index (χ0v) is 10.4. The Balaban J connectivity index is 2.89. The van der Waals surface area contributed by atoms with Crippen molar-refractivity contribution in [3.05, 3.63) is 11.9 Å². The number of aromatic nitrogens is 2. The van der Waals surface area contributed by atoms with Crippen LogP contribution in [0.15, 0.2) is 6.07 Å². The molecule has 1 N–H and O–H groups in total. The van der Waals surface area contributed by atoms with Crippen LogP contribution in [0, 0.1) is 0 Å². The van der Waals surface area contributed by atoms with Crippen LogP contribution >= 0.6 is 0 Å². The Morgan fingerprint density at radius 1 is 1.38 bits per heavy atom. The molecule has 16 heavy (non-hydrogen) atoms. The molecule has 0 unspecified atom stereocenters. The molecule has 1 heterocycles. The van der Waals surface area contributed by atoms with Crippen molar-refractivity contribution in [1.82, 2.24) is 9.97 Å². The van der Waals surface area contributed by atoms with Crippen molar-refractivity contribution in [1.29, 1.82) is 0 Å². The Morgan fingerprint density at radius 3 is 2.69 bits per heavy atom. The third kappa shape index (κ3) is 3.66. The fourth-order valence-corrected chi connectivity index (χ4v) is 1.25. The molecule has 1 aromatic rings. The average Bonchev–Trinajstić information content (AvgIpc) is 2.26. The van der Waals surface area contributed by atoms with Crippen molar-refractivity contribution in [3.63, 3.8) is 0 Å². The van der Waals surface area contributed by atoms with Crippen molar-refractivity contribution in [2.24, 2.45) is 0 Å². The molecule has 1 aromatic heterocycles. The summed E-state index contributed by atoms with van der Waals surface area (Å²) in [6, 6.07) is 1.94. The fraction of sp³-hybridized carbons (Fsp3) is 0.636. The van der Waals surface area contributed by atoms with Gasteiger partial charge in [0, 0.05) is 33.8 Å². The maximum atomic E-state index is 5.05. The molecule has 0 aliphatic carbocycles. The van der Waals surface area contributed by atoms with Crippen molar-refractivity contribution in [2.45, 2.75) is 20.0 Å². The van der Waals surface area contributed by atoms with Crippen LogP contribution in [-0.2, 0) is 11.3 Å². The Morgan fingerprint density at radius 2 is 2.12 bits per heavy atom. The monoisotopic (exact) mass is 224 g/mol. The van der Waals surface area contributed by atoms with Crippen LogP contribution in [0.3, 0.4) is 0 Å². The van der Waals surface area contributed by atoms with Crippen LogP contribution in [0.5, 0.6) is 0 Å². The number of hydrogen-bond donors (Lipinski definition) is 1. The summed E-state index contributed by atoms with van der Waals surface area (Å²) in [7, 11) is 5.57. The van der Waals surface area contributed by atoms with Crippen LogP contribution in [0.4, 0.5) is 11.6 Å². The molecule has 0 fully saturated rings. The van der Waals surface area contributed by atoms with Gasteiger partial charge >= 0.3 is 0 Å². The fourth-order valence-electron chi connectivity index (χ4n) is 1.25. The van der Waals surface area contributed by atoms with Gasteiger partial charge in [-0.1, -0.05) is 6.92 Å². The van der Waals surface area contributed by atoms with Gasteiger partial charge in [-0.05, 0) is 6.42 Å². The number of ether oxygens (including phenoxy) is 1. The smallest absolute Gasteiger partial charge is 0.158 e. The second-order valence-corrected chi connectivity index (χ2v) is 3.78. The van der Waals surface area contributed by atoms with Gasteiger partial charge in [0.05, 0.1) is 0 Å². The summed E-state index contributed by atoms with van der Waals surface area (Å²) in [6.07, 6.45) is 1.07. The van der Waals surface area contributed by atoms with Gasteiger partial charge in [0.2, 0.25) is 0 Å². The van der Waals surface area contributed by atoms with Gasteiger partial charge in [0.25, 0.3) is 0 Å². The summed E-state index contributed by atoms with van der Waals surface area (Å²) in [5.74, 6) is 2.44. The zero-order chi connectivity index (χ0) is 12.0. The van der Waals surface area contributed by atoms with Gasteiger partial charge in [-0.15, -0.1) is 0 Å². The average molecular weight is 224 g/mol. The normalized spacial score (nSPS) is 10.2. The van der Waals surface area contributed by atoms with Crippen LogP contribution in [0.1, 0.15) is 19.2 Å². The molecule has 0 saturated carbocycles. The molecule has 0 saturated heterocycles. The molecule has 5 nitrogen and oxygen atoms in total. The first-order valence-electron chi connectivity index (χ1n) is 5.45. The Labute approximate surface area is 96.8 Å². The summed E-state index contributed by atoms with van der Waals surface area (Å²) in [6.45, 7) is 3.47. The van der Waals surface area contributed by atoms with Gasteiger partial charge < -0.3 is 15.0 Å². The van der Waals surface area contributed by atoms with Crippen molar-refractivity contribution < 1.29 is 4.74 Å². The Hall–Kier alpha value is -1.36. The van der Waals surface area contributed by atoms with Crippen LogP contribution in [0.2, 0.25) is 0 Å². The lowest BCUT2D eigenvalue weighted by Crippen LogP contribution is -2.14. The molecule has 5 heteroatoms. The van der Waals surface area contributed by atoms with Crippen LogP contribution in [-0.4, -0.2) is 37.7 Å². The van der Waals surface area contributed by atoms with Gasteiger partial charge in [-0.3, -0.25) is 0 Å². The molecule has 0 aliphatic heterocycles. The van der Waals surface area contributed by atoms with E-state index in [0.717, 1.165) is 24.6 Å². The van der Waals surface area contributed by atoms with Gasteiger partial charge in [0.1, 0.15) is 18.2 Å². The maximum absolute atomic E-state index is 5.05. The highest BCUT2D eigenvalue weighted by molar-refractivity contribution is 5.48. The van der Waals surface area contributed by atoms with E-state index < -0.39 is 0 Å². The van der Waals surface area contributed by atoms with Crippen LogP contribution in [0.25, 0.3) is 0 Å². The lowest BCUT2D eigenvalue weighted by molar-refractivity contribution is 0.178. The van der Waals surface area contributed by atoms with E-state index in [9.17, 15) is 0 Å². The second-order valence-electron chi connectivity index (χ2n) is 3.78. The minimum Gasteiger partial charge on any atom is -0.377 e. The minimum absolute atomic E-state index is 0.433. The minimum atomic E-state index is 0.433. The van der Waals surface area contributed by atoms with Gasteiger partial charge in [-0.2, -0.15) is 0 Å². The van der Waals surface area contributed by atoms with Gasteiger partial charge in [-0.25, -0.2) is 9.97 Å². The van der Waals surface area contributed by atoms with Crippen LogP contribution < -0.4 is 10.2 Å². The van der Waals surface area contributed by atoms with E-state index in [4.69, 9.17) is 4.74 Å². The SMILES string of the molecule is CCCNc1cc(N(C)C)nc(COC)n1. The molecule has 0 spiro atoms. The third-order valence-electron chi connectivity index (χ3n) is 2.05. The first-order valence-corrected chi connectivity index (χ1v) is 5.45. The highest BCUT2D eigenvalue weighted by Gasteiger charge is 2.05. The quantitative estimate of drug-likeness (QED) is 0.793. The predicted octanol–water partition coefficient (Wildman–Crippen LogP) is 1.51.